The van der Waals surface area contributed by atoms with Crippen molar-refractivity contribution < 1.29 is 14.3 Å². The number of hydrogen-bond donors (Lipinski definition) is 2. The number of amides is 1. The Morgan fingerprint density at radius 3 is 2.73 bits per heavy atom. The molecule has 114 valence electrons. The average molecular weight is 299 g/mol. The van der Waals surface area contributed by atoms with Gasteiger partial charge in [0.2, 0.25) is 5.91 Å². The Hall–Kier alpha value is -2.20. The fraction of sp³-hybridized carbons (Fsp3) is 0.278. The van der Waals surface area contributed by atoms with Crippen molar-refractivity contribution in [1.82, 2.24) is 5.32 Å². The van der Waals surface area contributed by atoms with Crippen molar-refractivity contribution >= 4 is 5.91 Å². The van der Waals surface area contributed by atoms with E-state index in [0.717, 1.165) is 11.1 Å². The highest BCUT2D eigenvalue weighted by Gasteiger charge is 2.44. The normalized spacial score (nSPS) is 19.7. The number of halogens is 1. The van der Waals surface area contributed by atoms with E-state index < -0.39 is 5.41 Å². The van der Waals surface area contributed by atoms with Crippen LogP contribution in [0.25, 0.3) is 0 Å². The third-order valence-corrected chi connectivity index (χ3v) is 4.41. The fourth-order valence-electron chi connectivity index (χ4n) is 3.11. The highest BCUT2D eigenvalue weighted by Crippen LogP contribution is 2.39. The van der Waals surface area contributed by atoms with Gasteiger partial charge in [0.1, 0.15) is 5.82 Å². The molecule has 2 N–H and O–H groups in total. The number of aryl methyl sites for hydroxylation is 1. The summed E-state index contributed by atoms with van der Waals surface area (Å²) in [5.41, 5.74) is 1.50. The third kappa shape index (κ3) is 2.50. The molecule has 0 aromatic heterocycles. The predicted molar refractivity (Wildman–Crippen MR) is 81.8 cm³/mol. The van der Waals surface area contributed by atoms with Gasteiger partial charge in [0.25, 0.3) is 0 Å². The number of benzene rings is 2. The summed E-state index contributed by atoms with van der Waals surface area (Å²) in [6.45, 7) is 0.0795. The van der Waals surface area contributed by atoms with Gasteiger partial charge in [-0.25, -0.2) is 4.39 Å². The molecule has 0 saturated carbocycles. The summed E-state index contributed by atoms with van der Waals surface area (Å²) in [5.74, 6) is -0.627. The number of aliphatic hydroxyl groups excluding tert-OH is 1. The Kier molecular flexibility index (Phi) is 3.94. The second kappa shape index (κ2) is 5.89. The lowest BCUT2D eigenvalue weighted by atomic mass is 9.81. The van der Waals surface area contributed by atoms with Crippen molar-refractivity contribution in [3.05, 3.63) is 71.0 Å². The molecule has 4 heteroatoms. The molecule has 22 heavy (non-hydrogen) atoms. The lowest BCUT2D eigenvalue weighted by Gasteiger charge is -2.27. The van der Waals surface area contributed by atoms with E-state index >= 15 is 0 Å². The number of carbonyl (C=O) groups is 1. The van der Waals surface area contributed by atoms with Crippen molar-refractivity contribution in [2.45, 2.75) is 24.8 Å². The summed E-state index contributed by atoms with van der Waals surface area (Å²) >= 11 is 0. The summed E-state index contributed by atoms with van der Waals surface area (Å²) in [6.07, 6.45) is 1.18. The van der Waals surface area contributed by atoms with Crippen LogP contribution in [0.5, 0.6) is 0 Å². The van der Waals surface area contributed by atoms with Gasteiger partial charge in [-0.05, 0) is 41.7 Å². The van der Waals surface area contributed by atoms with Crippen molar-refractivity contribution in [2.24, 2.45) is 0 Å². The van der Waals surface area contributed by atoms with Gasteiger partial charge in [-0.3, -0.25) is 4.79 Å². The van der Waals surface area contributed by atoms with Gasteiger partial charge in [-0.1, -0.05) is 36.4 Å². The number of carbonyl (C=O) groups excluding carboxylic acids is 1. The van der Waals surface area contributed by atoms with Gasteiger partial charge in [-0.15, -0.1) is 0 Å². The zero-order valence-corrected chi connectivity index (χ0v) is 12.2. The van der Waals surface area contributed by atoms with Crippen molar-refractivity contribution in [2.75, 3.05) is 6.61 Å². The van der Waals surface area contributed by atoms with E-state index in [9.17, 15) is 14.3 Å². The topological polar surface area (TPSA) is 49.3 Å². The molecule has 1 amide bonds. The first-order chi connectivity index (χ1) is 10.7. The lowest BCUT2D eigenvalue weighted by Crippen LogP contribution is -2.45. The van der Waals surface area contributed by atoms with Crippen LogP contribution in [0.4, 0.5) is 4.39 Å². The molecule has 0 bridgehead atoms. The molecule has 0 fully saturated rings. The average Bonchev–Trinajstić information content (AvgIpc) is 2.92. The monoisotopic (exact) mass is 299 g/mol. The van der Waals surface area contributed by atoms with Crippen LogP contribution in [0, 0.1) is 5.82 Å². The standard InChI is InChI=1S/C18H18FNO2/c19-15-7-6-14-8-9-18(12-21,16(14)10-15)17(22)20-11-13-4-2-1-3-5-13/h1-7,10,21H,8-9,11-12H2,(H,20,22). The summed E-state index contributed by atoms with van der Waals surface area (Å²) in [5, 5.41) is 12.7. The fourth-order valence-corrected chi connectivity index (χ4v) is 3.11. The number of hydrogen-bond acceptors (Lipinski definition) is 2. The molecule has 0 aliphatic heterocycles. The number of aliphatic hydroxyl groups is 1. The summed E-state index contributed by atoms with van der Waals surface area (Å²) < 4.78 is 13.5. The van der Waals surface area contributed by atoms with Gasteiger partial charge in [0.15, 0.2) is 0 Å². The molecule has 0 saturated heterocycles. The smallest absolute Gasteiger partial charge is 0.233 e. The third-order valence-electron chi connectivity index (χ3n) is 4.41. The van der Waals surface area contributed by atoms with Crippen LogP contribution in [0.1, 0.15) is 23.1 Å². The zero-order chi connectivity index (χ0) is 15.6. The van der Waals surface area contributed by atoms with E-state index in [0.29, 0.717) is 24.9 Å². The molecule has 1 aliphatic rings. The van der Waals surface area contributed by atoms with Gasteiger partial charge < -0.3 is 10.4 Å². The molecule has 0 spiro atoms. The molecule has 2 aromatic carbocycles. The predicted octanol–water partition coefficient (Wildman–Crippen LogP) is 2.32. The van der Waals surface area contributed by atoms with E-state index in [1.807, 2.05) is 30.3 Å². The molecular weight excluding hydrogens is 281 g/mol. The summed E-state index contributed by atoms with van der Waals surface area (Å²) in [7, 11) is 0. The molecule has 3 rings (SSSR count). The Labute approximate surface area is 128 Å². The van der Waals surface area contributed by atoms with Crippen LogP contribution in [-0.4, -0.2) is 17.6 Å². The number of rotatable bonds is 4. The second-order valence-electron chi connectivity index (χ2n) is 5.71. The lowest BCUT2D eigenvalue weighted by molar-refractivity contribution is -0.128. The SMILES string of the molecule is O=C(NCc1ccccc1)C1(CO)CCc2ccc(F)cc21. The molecule has 0 heterocycles. The first kappa shape index (κ1) is 14.7. The second-order valence-corrected chi connectivity index (χ2v) is 5.71. The van der Waals surface area contributed by atoms with Crippen LogP contribution in [-0.2, 0) is 23.2 Å². The maximum Gasteiger partial charge on any atom is 0.233 e. The molecule has 3 nitrogen and oxygen atoms in total. The highest BCUT2D eigenvalue weighted by molar-refractivity contribution is 5.89. The highest BCUT2D eigenvalue weighted by atomic mass is 19.1. The minimum absolute atomic E-state index is 0.247. The van der Waals surface area contributed by atoms with E-state index in [4.69, 9.17) is 0 Å². The van der Waals surface area contributed by atoms with E-state index in [1.165, 1.54) is 12.1 Å². The van der Waals surface area contributed by atoms with Gasteiger partial charge in [0.05, 0.1) is 12.0 Å². The van der Waals surface area contributed by atoms with E-state index in [-0.39, 0.29) is 18.3 Å². The Bertz CT molecular complexity index is 687. The van der Waals surface area contributed by atoms with Crippen molar-refractivity contribution in [1.29, 1.82) is 0 Å². The Morgan fingerprint density at radius 2 is 2.00 bits per heavy atom. The van der Waals surface area contributed by atoms with Crippen LogP contribution in [0.2, 0.25) is 0 Å². The van der Waals surface area contributed by atoms with Crippen LogP contribution in [0.3, 0.4) is 0 Å². The number of nitrogens with one attached hydrogen (secondary N) is 1. The first-order valence-electron chi connectivity index (χ1n) is 7.38. The minimum atomic E-state index is -1.04. The van der Waals surface area contributed by atoms with Gasteiger partial charge >= 0.3 is 0 Å². The maximum absolute atomic E-state index is 13.5. The van der Waals surface area contributed by atoms with E-state index in [1.54, 1.807) is 6.07 Å². The van der Waals surface area contributed by atoms with Crippen LogP contribution in [0.15, 0.2) is 48.5 Å². The molecular formula is C18H18FNO2. The quantitative estimate of drug-likeness (QED) is 0.910. The van der Waals surface area contributed by atoms with E-state index in [2.05, 4.69) is 5.32 Å². The minimum Gasteiger partial charge on any atom is -0.395 e. The largest absolute Gasteiger partial charge is 0.395 e. The Morgan fingerprint density at radius 1 is 1.23 bits per heavy atom. The molecule has 1 unspecified atom stereocenters. The number of fused-ring (bicyclic) bond motifs is 1. The molecule has 1 aliphatic carbocycles. The summed E-state index contributed by atoms with van der Waals surface area (Å²) in [4.78, 5) is 12.7. The maximum atomic E-state index is 13.5. The summed E-state index contributed by atoms with van der Waals surface area (Å²) in [6, 6.07) is 14.0. The van der Waals surface area contributed by atoms with Crippen LogP contribution < -0.4 is 5.32 Å². The van der Waals surface area contributed by atoms with Gasteiger partial charge in [0, 0.05) is 6.54 Å². The van der Waals surface area contributed by atoms with Crippen LogP contribution >= 0.6 is 0 Å². The molecule has 1 atom stereocenters. The van der Waals surface area contributed by atoms with Gasteiger partial charge in [-0.2, -0.15) is 0 Å². The zero-order valence-electron chi connectivity index (χ0n) is 12.2. The molecule has 0 radical (unpaired) electrons. The first-order valence-corrected chi connectivity index (χ1v) is 7.38. The van der Waals surface area contributed by atoms with Crippen molar-refractivity contribution in [3.63, 3.8) is 0 Å². The van der Waals surface area contributed by atoms with Crippen molar-refractivity contribution in [3.8, 4) is 0 Å². The molecule has 2 aromatic rings. The Balaban J connectivity index is 1.83.